The lowest BCUT2D eigenvalue weighted by Crippen LogP contribution is -2.43. The van der Waals surface area contributed by atoms with Crippen LogP contribution in [0.1, 0.15) is 48.6 Å². The number of sulfonamides is 1. The smallest absolute Gasteiger partial charge is 0.335 e. The van der Waals surface area contributed by atoms with Crippen molar-refractivity contribution in [2.24, 2.45) is 0 Å². The SMILES string of the molecule is COc1ccc2c3c1O[C@H]1C[C@@H](O)C=C[C@@]31CCN(CCCCN1C(=O)c3ccccc3S1(=O)=O)C2.O.O.O=C(O)[C@@H](O)[C@H](O)C(=O)O.[HH]. The Morgan fingerprint density at radius 2 is 1.71 bits per heavy atom. The normalized spacial score (nSPS) is 24.1. The zero-order chi connectivity index (χ0) is 33.4. The fourth-order valence-corrected chi connectivity index (χ4v) is 8.11. The number of carbonyl (C=O) groups is 3. The number of ether oxygens (including phenoxy) is 2. The van der Waals surface area contributed by atoms with Crippen molar-refractivity contribution >= 4 is 27.9 Å². The van der Waals surface area contributed by atoms with E-state index in [2.05, 4.69) is 17.0 Å². The summed E-state index contributed by atoms with van der Waals surface area (Å²) in [6.07, 6.45) is 1.63. The van der Waals surface area contributed by atoms with Crippen LogP contribution in [0.5, 0.6) is 11.5 Å². The highest BCUT2D eigenvalue weighted by molar-refractivity contribution is 7.90. The molecule has 4 aliphatic rings. The Bertz CT molecular complexity index is 1650. The van der Waals surface area contributed by atoms with Crippen LogP contribution in [-0.4, -0.2) is 123 Å². The number of fused-ring (bicyclic) bond motifs is 1. The summed E-state index contributed by atoms with van der Waals surface area (Å²) in [6, 6.07) is 10.5. The van der Waals surface area contributed by atoms with Crippen LogP contribution in [0, 0.1) is 0 Å². The molecule has 3 heterocycles. The van der Waals surface area contributed by atoms with E-state index in [0.29, 0.717) is 12.8 Å². The van der Waals surface area contributed by atoms with Gasteiger partial charge in [-0.3, -0.25) is 9.69 Å². The van der Waals surface area contributed by atoms with Crippen molar-refractivity contribution in [3.63, 3.8) is 0 Å². The number of hydrogen-bond donors (Lipinski definition) is 5. The second kappa shape index (κ2) is 15.0. The van der Waals surface area contributed by atoms with E-state index >= 15 is 0 Å². The first kappa shape index (κ1) is 38.3. The highest BCUT2D eigenvalue weighted by atomic mass is 32.2. The number of rotatable bonds is 9. The molecule has 266 valence electrons. The van der Waals surface area contributed by atoms with E-state index in [1.807, 2.05) is 12.1 Å². The fourth-order valence-electron chi connectivity index (χ4n) is 6.50. The van der Waals surface area contributed by atoms with Crippen molar-refractivity contribution in [3.05, 3.63) is 65.2 Å². The Balaban J connectivity index is 0.000000564. The number of nitrogens with zero attached hydrogens (tertiary/aromatic N) is 2. The van der Waals surface area contributed by atoms with E-state index in [4.69, 9.17) is 29.9 Å². The lowest BCUT2D eigenvalue weighted by molar-refractivity contribution is -0.165. The molecule has 0 saturated carbocycles. The van der Waals surface area contributed by atoms with Gasteiger partial charge >= 0.3 is 11.9 Å². The fraction of sp³-hybridized carbons (Fsp3) is 0.452. The second-order valence-corrected chi connectivity index (χ2v) is 13.4. The number of hydrogen-bond acceptors (Lipinski definition) is 11. The van der Waals surface area contributed by atoms with Gasteiger partial charge in [0.2, 0.25) is 0 Å². The molecule has 5 atom stereocenters. The Morgan fingerprint density at radius 3 is 2.33 bits per heavy atom. The highest BCUT2D eigenvalue weighted by Gasteiger charge is 2.52. The van der Waals surface area contributed by atoms with Gasteiger partial charge in [0.15, 0.2) is 23.7 Å². The zero-order valence-electron chi connectivity index (χ0n) is 26.0. The first-order valence-electron chi connectivity index (χ1n) is 14.8. The van der Waals surface area contributed by atoms with Gasteiger partial charge in [-0.1, -0.05) is 30.4 Å². The molecule has 48 heavy (non-hydrogen) atoms. The summed E-state index contributed by atoms with van der Waals surface area (Å²) >= 11 is 0. The summed E-state index contributed by atoms with van der Waals surface area (Å²) in [6.45, 7) is 2.59. The molecule has 16 nitrogen and oxygen atoms in total. The van der Waals surface area contributed by atoms with Gasteiger partial charge in [0.25, 0.3) is 15.9 Å². The number of carbonyl (C=O) groups excluding carboxylic acids is 1. The van der Waals surface area contributed by atoms with Crippen LogP contribution in [0.4, 0.5) is 0 Å². The van der Waals surface area contributed by atoms with Crippen LogP contribution >= 0.6 is 0 Å². The molecule has 1 aliphatic carbocycles. The zero-order valence-corrected chi connectivity index (χ0v) is 26.8. The van der Waals surface area contributed by atoms with Crippen molar-refractivity contribution in [3.8, 4) is 11.5 Å². The van der Waals surface area contributed by atoms with Crippen LogP contribution in [0.15, 0.2) is 53.4 Å². The third-order valence-electron chi connectivity index (χ3n) is 8.84. The number of benzene rings is 2. The maximum absolute atomic E-state index is 12.8. The van der Waals surface area contributed by atoms with Crippen LogP contribution in [0.2, 0.25) is 0 Å². The summed E-state index contributed by atoms with van der Waals surface area (Å²) in [4.78, 5) is 34.7. The lowest BCUT2D eigenvalue weighted by Gasteiger charge is -2.36. The van der Waals surface area contributed by atoms with E-state index in [1.165, 1.54) is 17.2 Å². The summed E-state index contributed by atoms with van der Waals surface area (Å²) < 4.78 is 38.6. The van der Waals surface area contributed by atoms with E-state index in [0.717, 1.165) is 48.3 Å². The van der Waals surface area contributed by atoms with Crippen LogP contribution < -0.4 is 9.47 Å². The number of aliphatic hydroxyl groups is 3. The van der Waals surface area contributed by atoms with E-state index in [9.17, 15) is 27.9 Å². The average molecular weight is 699 g/mol. The molecular weight excluding hydrogens is 656 g/mol. The molecular formula is C31H42N2O14S. The van der Waals surface area contributed by atoms with Gasteiger partial charge < -0.3 is 46.0 Å². The summed E-state index contributed by atoms with van der Waals surface area (Å²) in [5, 5.41) is 42.8. The summed E-state index contributed by atoms with van der Waals surface area (Å²) in [5.74, 6) is -2.46. The Labute approximate surface area is 277 Å². The number of unbranched alkanes of at least 4 members (excludes halogenated alkanes) is 1. The van der Waals surface area contributed by atoms with Crippen molar-refractivity contribution in [2.75, 3.05) is 26.7 Å². The second-order valence-electron chi connectivity index (χ2n) is 11.6. The molecule has 1 spiro atoms. The molecule has 2 aromatic rings. The summed E-state index contributed by atoms with van der Waals surface area (Å²) in [7, 11) is -2.11. The Kier molecular flexibility index (Phi) is 12.0. The van der Waals surface area contributed by atoms with Crippen LogP contribution in [0.3, 0.4) is 0 Å². The van der Waals surface area contributed by atoms with Crippen molar-refractivity contribution in [1.82, 2.24) is 9.21 Å². The van der Waals surface area contributed by atoms with Gasteiger partial charge in [0.05, 0.1) is 24.2 Å². The maximum Gasteiger partial charge on any atom is 0.335 e. The van der Waals surface area contributed by atoms with Crippen LogP contribution in [0.25, 0.3) is 0 Å². The quantitative estimate of drug-likeness (QED) is 0.161. The average Bonchev–Trinajstić information content (AvgIpc) is 3.38. The topological polar surface area (TPSA) is 274 Å². The molecule has 1 amide bonds. The Hall–Kier alpha value is -4.10. The number of aliphatic carboxylic acids is 2. The van der Waals surface area contributed by atoms with Gasteiger partial charge in [-0.25, -0.2) is 22.3 Å². The molecule has 0 saturated heterocycles. The molecule has 0 aromatic heterocycles. The number of carboxylic acid groups (broad SMARTS) is 2. The standard InChI is InChI=1S/C27H30N2O6S.C4H6O6.2H2O.H2/c1-34-21-9-8-18-17-28(15-12-27-11-10-19(30)16-23(27)35-25(21)24(18)27)13-4-5-14-29-26(31)20-6-2-3-7-22(20)36(29,32)33;5-1(3(7)8)2(6)4(9)10;;;/h2-3,6-11,19,23,30H,4-5,12-17H2,1H3;1-2,5-6H,(H,7,8)(H,9,10);2*1H2;1H/t19-,23-,27-;1-,2-;;;/m00.../s1. The van der Waals surface area contributed by atoms with Gasteiger partial charge in [-0.05, 0) is 56.1 Å². The molecule has 2 aromatic carbocycles. The predicted molar refractivity (Wildman–Crippen MR) is 169 cm³/mol. The summed E-state index contributed by atoms with van der Waals surface area (Å²) in [5.41, 5.74) is 2.34. The van der Waals surface area contributed by atoms with Gasteiger partial charge in [0.1, 0.15) is 11.0 Å². The molecule has 9 N–H and O–H groups in total. The minimum absolute atomic E-state index is 0. The number of amides is 1. The molecule has 0 radical (unpaired) electrons. The largest absolute Gasteiger partial charge is 0.493 e. The van der Waals surface area contributed by atoms with Crippen molar-refractivity contribution in [1.29, 1.82) is 0 Å². The molecule has 6 rings (SSSR count). The minimum Gasteiger partial charge on any atom is -0.493 e. The van der Waals surface area contributed by atoms with Gasteiger partial charge in [-0.2, -0.15) is 0 Å². The minimum atomic E-state index is -3.76. The Morgan fingerprint density at radius 1 is 1.06 bits per heavy atom. The molecule has 17 heteroatoms. The first-order chi connectivity index (χ1) is 21.8. The van der Waals surface area contributed by atoms with Crippen LogP contribution in [-0.2, 0) is 31.6 Å². The number of aliphatic hydroxyl groups excluding tert-OH is 3. The molecule has 0 bridgehead atoms. The molecule has 0 unspecified atom stereocenters. The number of methoxy groups -OCH3 is 1. The van der Waals surface area contributed by atoms with Crippen molar-refractivity contribution in [2.45, 2.75) is 67.0 Å². The third kappa shape index (κ3) is 6.88. The first-order valence-corrected chi connectivity index (χ1v) is 16.2. The lowest BCUT2D eigenvalue weighted by atomic mass is 9.69. The number of carboxylic acids is 2. The molecule has 0 fully saturated rings. The van der Waals surface area contributed by atoms with E-state index in [1.54, 1.807) is 25.3 Å². The maximum atomic E-state index is 12.8. The van der Waals surface area contributed by atoms with Crippen molar-refractivity contribution < 1.29 is 70.2 Å². The van der Waals surface area contributed by atoms with E-state index in [-0.39, 0.29) is 40.9 Å². The van der Waals surface area contributed by atoms with Gasteiger partial charge in [0, 0.05) is 26.5 Å². The highest BCUT2D eigenvalue weighted by Crippen LogP contribution is 2.55. The predicted octanol–water partition coefficient (Wildman–Crippen LogP) is -0.681. The van der Waals surface area contributed by atoms with Gasteiger partial charge in [-0.15, -0.1) is 0 Å². The molecule has 3 aliphatic heterocycles. The third-order valence-corrected chi connectivity index (χ3v) is 10.7. The van der Waals surface area contributed by atoms with E-state index < -0.39 is 46.2 Å². The monoisotopic (exact) mass is 698 g/mol.